The molecule has 6 nitrogen and oxygen atoms in total. The van der Waals surface area contributed by atoms with Crippen molar-refractivity contribution in [2.75, 3.05) is 11.3 Å². The van der Waals surface area contributed by atoms with Crippen LogP contribution in [0.1, 0.15) is 6.92 Å². The van der Waals surface area contributed by atoms with Gasteiger partial charge in [0, 0.05) is 17.8 Å². The third-order valence-electron chi connectivity index (χ3n) is 3.29. The first-order valence-electron chi connectivity index (χ1n) is 7.17. The summed E-state index contributed by atoms with van der Waals surface area (Å²) in [5.74, 6) is 0.534. The van der Waals surface area contributed by atoms with E-state index in [1.165, 1.54) is 12.3 Å². The molecule has 1 aromatic carbocycles. The van der Waals surface area contributed by atoms with Gasteiger partial charge in [-0.2, -0.15) is 0 Å². The molecule has 2 heterocycles. The van der Waals surface area contributed by atoms with E-state index < -0.39 is 10.0 Å². The third-order valence-corrected chi connectivity index (χ3v) is 5.01. The van der Waals surface area contributed by atoms with Crippen LogP contribution in [0.3, 0.4) is 0 Å². The lowest BCUT2D eigenvalue weighted by atomic mass is 10.2. The Morgan fingerprint density at radius 3 is 2.62 bits per heavy atom. The molecule has 0 radical (unpaired) electrons. The van der Waals surface area contributed by atoms with Crippen LogP contribution in [0.5, 0.6) is 5.75 Å². The van der Waals surface area contributed by atoms with Crippen LogP contribution in [-0.2, 0) is 10.0 Å². The first-order chi connectivity index (χ1) is 11.5. The van der Waals surface area contributed by atoms with Crippen LogP contribution in [0.2, 0.25) is 5.15 Å². The molecule has 8 heteroatoms. The number of sulfonamides is 1. The molecule has 0 fully saturated rings. The lowest BCUT2D eigenvalue weighted by Gasteiger charge is -2.13. The summed E-state index contributed by atoms with van der Waals surface area (Å²) in [5.41, 5.74) is 0.699. The van der Waals surface area contributed by atoms with Crippen molar-refractivity contribution in [3.05, 3.63) is 53.9 Å². The third kappa shape index (κ3) is 3.13. The SMILES string of the molecule is CCOc1ccc(S(=O)(=O)Nc2cccnc2Cl)c2cccnc12. The summed E-state index contributed by atoms with van der Waals surface area (Å²) in [6, 6.07) is 9.59. The van der Waals surface area contributed by atoms with E-state index >= 15 is 0 Å². The predicted molar refractivity (Wildman–Crippen MR) is 93.0 cm³/mol. The molecule has 0 aliphatic rings. The highest BCUT2D eigenvalue weighted by molar-refractivity contribution is 7.93. The molecular formula is C16H14ClN3O3S. The van der Waals surface area contributed by atoms with E-state index in [9.17, 15) is 8.42 Å². The maximum atomic E-state index is 12.8. The standard InChI is InChI=1S/C16H14ClN3O3S/c1-2-23-13-7-8-14(11-5-3-9-18-15(11)13)24(21,22)20-12-6-4-10-19-16(12)17/h3-10,20H,2H2,1H3. The van der Waals surface area contributed by atoms with Crippen molar-refractivity contribution < 1.29 is 13.2 Å². The fourth-order valence-electron chi connectivity index (χ4n) is 2.29. The number of fused-ring (bicyclic) bond motifs is 1. The second-order valence-corrected chi connectivity index (χ2v) is 6.85. The average Bonchev–Trinajstić information content (AvgIpc) is 2.57. The number of nitrogens with zero attached hydrogens (tertiary/aromatic N) is 2. The van der Waals surface area contributed by atoms with Crippen molar-refractivity contribution in [1.29, 1.82) is 0 Å². The smallest absolute Gasteiger partial charge is 0.262 e. The van der Waals surface area contributed by atoms with Crippen LogP contribution < -0.4 is 9.46 Å². The summed E-state index contributed by atoms with van der Waals surface area (Å²) in [5, 5.41) is 0.547. The van der Waals surface area contributed by atoms with E-state index in [4.69, 9.17) is 16.3 Å². The molecule has 124 valence electrons. The van der Waals surface area contributed by atoms with Crippen molar-refractivity contribution in [2.24, 2.45) is 0 Å². The largest absolute Gasteiger partial charge is 0.492 e. The van der Waals surface area contributed by atoms with Crippen LogP contribution in [0.4, 0.5) is 5.69 Å². The number of pyridine rings is 2. The molecule has 0 unspecified atom stereocenters. The van der Waals surface area contributed by atoms with Crippen molar-refractivity contribution >= 4 is 38.2 Å². The lowest BCUT2D eigenvalue weighted by molar-refractivity contribution is 0.343. The van der Waals surface area contributed by atoms with E-state index in [2.05, 4.69) is 14.7 Å². The van der Waals surface area contributed by atoms with Gasteiger partial charge in [0.2, 0.25) is 0 Å². The first kappa shape index (κ1) is 16.5. The van der Waals surface area contributed by atoms with Crippen molar-refractivity contribution in [3.63, 3.8) is 0 Å². The minimum atomic E-state index is -3.86. The Labute approximate surface area is 144 Å². The van der Waals surface area contributed by atoms with Gasteiger partial charge < -0.3 is 4.74 Å². The van der Waals surface area contributed by atoms with Gasteiger partial charge in [0.15, 0.2) is 5.15 Å². The maximum absolute atomic E-state index is 12.8. The molecule has 0 spiro atoms. The number of aromatic nitrogens is 2. The summed E-state index contributed by atoms with van der Waals surface area (Å²) < 4.78 is 33.5. The number of benzene rings is 1. The highest BCUT2D eigenvalue weighted by Gasteiger charge is 2.21. The van der Waals surface area contributed by atoms with Gasteiger partial charge in [0.25, 0.3) is 10.0 Å². The molecule has 3 rings (SSSR count). The van der Waals surface area contributed by atoms with Crippen LogP contribution in [0.15, 0.2) is 53.7 Å². The Kier molecular flexibility index (Phi) is 4.55. The molecule has 1 N–H and O–H groups in total. The molecule has 24 heavy (non-hydrogen) atoms. The van der Waals surface area contributed by atoms with Gasteiger partial charge in [-0.1, -0.05) is 11.6 Å². The van der Waals surface area contributed by atoms with E-state index in [1.807, 2.05) is 6.92 Å². The number of hydrogen-bond donors (Lipinski definition) is 1. The van der Waals surface area contributed by atoms with Gasteiger partial charge in [-0.25, -0.2) is 13.4 Å². The Balaban J connectivity index is 2.12. The number of rotatable bonds is 5. The lowest BCUT2D eigenvalue weighted by Crippen LogP contribution is -2.14. The number of halogens is 1. The van der Waals surface area contributed by atoms with E-state index in [0.29, 0.717) is 23.3 Å². The van der Waals surface area contributed by atoms with Gasteiger partial charge in [0.05, 0.1) is 17.2 Å². The minimum Gasteiger partial charge on any atom is -0.492 e. The second kappa shape index (κ2) is 6.62. The Bertz CT molecular complexity index is 993. The molecule has 0 aliphatic heterocycles. The summed E-state index contributed by atoms with van der Waals surface area (Å²) in [7, 11) is -3.86. The number of ether oxygens (including phenoxy) is 1. The summed E-state index contributed by atoms with van der Waals surface area (Å²) in [4.78, 5) is 8.20. The van der Waals surface area contributed by atoms with Gasteiger partial charge in [-0.3, -0.25) is 9.71 Å². The molecule has 0 bridgehead atoms. The van der Waals surface area contributed by atoms with E-state index in [0.717, 1.165) is 0 Å². The molecule has 0 atom stereocenters. The zero-order valence-corrected chi connectivity index (χ0v) is 14.3. The molecule has 0 saturated carbocycles. The monoisotopic (exact) mass is 363 g/mol. The van der Waals surface area contributed by atoms with Crippen molar-refractivity contribution in [2.45, 2.75) is 11.8 Å². The molecule has 0 saturated heterocycles. The van der Waals surface area contributed by atoms with Crippen LogP contribution in [0.25, 0.3) is 10.9 Å². The average molecular weight is 364 g/mol. The normalized spacial score (nSPS) is 11.4. The first-order valence-corrected chi connectivity index (χ1v) is 9.03. The van der Waals surface area contributed by atoms with E-state index in [1.54, 1.807) is 36.5 Å². The van der Waals surface area contributed by atoms with Crippen molar-refractivity contribution in [3.8, 4) is 5.75 Å². The summed E-state index contributed by atoms with van der Waals surface area (Å²) in [6.07, 6.45) is 3.07. The van der Waals surface area contributed by atoms with Gasteiger partial charge in [0.1, 0.15) is 11.3 Å². The molecule has 0 amide bonds. The Morgan fingerprint density at radius 2 is 1.88 bits per heavy atom. The van der Waals surface area contributed by atoms with Crippen LogP contribution in [0, 0.1) is 0 Å². The van der Waals surface area contributed by atoms with E-state index in [-0.39, 0.29) is 15.7 Å². The number of nitrogens with one attached hydrogen (secondary N) is 1. The number of hydrogen-bond acceptors (Lipinski definition) is 5. The summed E-state index contributed by atoms with van der Waals surface area (Å²) >= 11 is 5.93. The zero-order valence-electron chi connectivity index (χ0n) is 12.7. The Hall–Kier alpha value is -2.38. The fraction of sp³-hybridized carbons (Fsp3) is 0.125. The molecule has 0 aliphatic carbocycles. The van der Waals surface area contributed by atoms with Gasteiger partial charge in [-0.05, 0) is 43.3 Å². The number of anilines is 1. The molecular weight excluding hydrogens is 350 g/mol. The van der Waals surface area contributed by atoms with Crippen LogP contribution in [-0.4, -0.2) is 25.0 Å². The minimum absolute atomic E-state index is 0.0782. The quantitative estimate of drug-likeness (QED) is 0.702. The fourth-order valence-corrected chi connectivity index (χ4v) is 3.78. The highest BCUT2D eigenvalue weighted by atomic mass is 35.5. The van der Waals surface area contributed by atoms with Gasteiger partial charge >= 0.3 is 0 Å². The van der Waals surface area contributed by atoms with Crippen molar-refractivity contribution in [1.82, 2.24) is 9.97 Å². The predicted octanol–water partition coefficient (Wildman–Crippen LogP) is 3.48. The Morgan fingerprint density at radius 1 is 1.12 bits per heavy atom. The van der Waals surface area contributed by atoms with Gasteiger partial charge in [-0.15, -0.1) is 0 Å². The maximum Gasteiger partial charge on any atom is 0.262 e. The molecule has 2 aromatic heterocycles. The second-order valence-electron chi connectivity index (χ2n) is 4.84. The highest BCUT2D eigenvalue weighted by Crippen LogP contribution is 2.31. The topological polar surface area (TPSA) is 81.2 Å². The summed E-state index contributed by atoms with van der Waals surface area (Å²) in [6.45, 7) is 2.31. The zero-order chi connectivity index (χ0) is 17.2. The molecule has 3 aromatic rings. The van der Waals surface area contributed by atoms with Crippen LogP contribution >= 0.6 is 11.6 Å².